The molecule has 1 aromatic heterocycles. The van der Waals surface area contributed by atoms with Crippen LogP contribution in [0.15, 0.2) is 33.5 Å². The van der Waals surface area contributed by atoms with Gasteiger partial charge in [0.2, 0.25) is 5.78 Å². The second-order valence-corrected chi connectivity index (χ2v) is 17.9. The van der Waals surface area contributed by atoms with Crippen LogP contribution in [-0.4, -0.2) is 123 Å². The Kier molecular flexibility index (Phi) is 12.0. The number of nitrogens with zero attached hydrogens (tertiary/aromatic N) is 1. The number of nitrogens with two attached hydrogens (primary N) is 1. The number of benzene rings is 2. The van der Waals surface area contributed by atoms with Gasteiger partial charge in [0.15, 0.2) is 29.4 Å². The number of hydrogen-bond donors (Lipinski definition) is 6. The SMILES string of the molecule is CC(O)C(C)(O)c1cc(=O)c2c(CO[C@@H]3C[C@@](C)(N)[C@H](C)[C@H](C)O3)cc3c(c2o1)C(=O)c1c(ccc([C@@H]2C[C@@H](N(C)C)[C@@H](OC4C[C@@H](O)[C@@H](O)[C@@H](C)O4)[C@@H](C)O2)c1O)C3=O. The minimum Gasteiger partial charge on any atom is -0.507 e. The molecule has 0 amide bonds. The summed E-state index contributed by atoms with van der Waals surface area (Å²) in [6.07, 6.45) is -7.16. The van der Waals surface area contributed by atoms with Crippen LogP contribution in [-0.2, 0) is 35.9 Å². The summed E-state index contributed by atoms with van der Waals surface area (Å²) in [6, 6.07) is 5.15. The summed E-state index contributed by atoms with van der Waals surface area (Å²) in [5.41, 5.74) is 2.59. The lowest BCUT2D eigenvalue weighted by atomic mass is 9.79. The Balaban J connectivity index is 1.26. The lowest BCUT2D eigenvalue weighted by molar-refractivity contribution is -0.287. The molecule has 7 N–H and O–H groups in total. The predicted molar refractivity (Wildman–Crippen MR) is 215 cm³/mol. The van der Waals surface area contributed by atoms with Gasteiger partial charge in [-0.1, -0.05) is 13.0 Å². The number of ether oxygens (including phenoxy) is 5. The number of hydrogen-bond acceptors (Lipinski definition) is 16. The second-order valence-electron chi connectivity index (χ2n) is 17.9. The van der Waals surface area contributed by atoms with Gasteiger partial charge in [0, 0.05) is 53.1 Å². The third-order valence-electron chi connectivity index (χ3n) is 13.4. The zero-order chi connectivity index (χ0) is 43.9. The Morgan fingerprint density at radius 2 is 1.63 bits per heavy atom. The molecule has 4 heterocycles. The van der Waals surface area contributed by atoms with E-state index in [1.54, 1.807) is 19.9 Å². The third-order valence-corrected chi connectivity index (χ3v) is 13.4. The molecule has 1 aliphatic carbocycles. The van der Waals surface area contributed by atoms with Crippen LogP contribution in [0.5, 0.6) is 5.75 Å². The summed E-state index contributed by atoms with van der Waals surface area (Å²) >= 11 is 0. The Morgan fingerprint density at radius 3 is 2.27 bits per heavy atom. The van der Waals surface area contributed by atoms with Crippen LogP contribution in [0.1, 0.15) is 123 Å². The molecule has 0 spiro atoms. The maximum atomic E-state index is 14.8. The summed E-state index contributed by atoms with van der Waals surface area (Å²) in [4.78, 5) is 45.2. The Morgan fingerprint density at radius 1 is 0.950 bits per heavy atom. The molecule has 0 bridgehead atoms. The van der Waals surface area contributed by atoms with Gasteiger partial charge >= 0.3 is 0 Å². The highest BCUT2D eigenvalue weighted by Gasteiger charge is 2.46. The number of rotatable bonds is 9. The largest absolute Gasteiger partial charge is 0.507 e. The van der Waals surface area contributed by atoms with Crippen molar-refractivity contribution in [3.63, 3.8) is 0 Å². The molecule has 3 aliphatic heterocycles. The van der Waals surface area contributed by atoms with Crippen molar-refractivity contribution in [3.8, 4) is 5.75 Å². The summed E-state index contributed by atoms with van der Waals surface area (Å²) < 4.78 is 37.1. The minimum absolute atomic E-state index is 0.0286. The number of aromatic hydroxyl groups is 1. The van der Waals surface area contributed by atoms with Crippen molar-refractivity contribution in [2.75, 3.05) is 14.1 Å². The number of fused-ring (bicyclic) bond motifs is 4. The maximum absolute atomic E-state index is 14.8. The molecule has 60 heavy (non-hydrogen) atoms. The number of phenolic OH excluding ortho intramolecular Hbond substituents is 1. The molecule has 3 saturated heterocycles. The highest BCUT2D eigenvalue weighted by molar-refractivity contribution is 6.32. The van der Waals surface area contributed by atoms with Crippen molar-refractivity contribution >= 4 is 22.5 Å². The van der Waals surface area contributed by atoms with Gasteiger partial charge < -0.3 is 64.3 Å². The zero-order valence-corrected chi connectivity index (χ0v) is 35.5. The van der Waals surface area contributed by atoms with Crippen LogP contribution in [0.4, 0.5) is 0 Å². The number of aliphatic hydroxyl groups is 4. The monoisotopic (exact) mass is 838 g/mol. The Hall–Kier alpha value is -3.65. The number of aliphatic hydroxyl groups excluding tert-OH is 3. The summed E-state index contributed by atoms with van der Waals surface area (Å²) in [5.74, 6) is -2.22. The summed E-state index contributed by atoms with van der Waals surface area (Å²) in [6.45, 7) is 11.6. The predicted octanol–water partition coefficient (Wildman–Crippen LogP) is 2.89. The average molecular weight is 839 g/mol. The van der Waals surface area contributed by atoms with Crippen molar-refractivity contribution in [2.24, 2.45) is 11.7 Å². The van der Waals surface area contributed by atoms with Gasteiger partial charge in [-0.3, -0.25) is 14.4 Å². The van der Waals surface area contributed by atoms with Crippen molar-refractivity contribution in [1.29, 1.82) is 0 Å². The zero-order valence-electron chi connectivity index (χ0n) is 35.5. The molecular weight excluding hydrogens is 780 g/mol. The highest BCUT2D eigenvalue weighted by Crippen LogP contribution is 2.45. The van der Waals surface area contributed by atoms with Gasteiger partial charge in [-0.05, 0) is 79.8 Å². The smallest absolute Gasteiger partial charge is 0.202 e. The molecule has 3 unspecified atom stereocenters. The lowest BCUT2D eigenvalue weighted by Crippen LogP contribution is -2.55. The van der Waals surface area contributed by atoms with E-state index >= 15 is 0 Å². The summed E-state index contributed by atoms with van der Waals surface area (Å²) in [7, 11) is 3.73. The number of ketones is 2. The quantitative estimate of drug-likeness (QED) is 0.142. The van der Waals surface area contributed by atoms with Gasteiger partial charge in [0.05, 0.1) is 59.7 Å². The molecule has 16 nitrogen and oxygen atoms in total. The van der Waals surface area contributed by atoms with Crippen LogP contribution >= 0.6 is 0 Å². The van der Waals surface area contributed by atoms with Gasteiger partial charge in [0.25, 0.3) is 0 Å². The van der Waals surface area contributed by atoms with Gasteiger partial charge in [-0.15, -0.1) is 0 Å². The van der Waals surface area contributed by atoms with E-state index in [1.807, 2.05) is 39.8 Å². The van der Waals surface area contributed by atoms with E-state index in [4.69, 9.17) is 33.8 Å². The lowest BCUT2D eigenvalue weighted by Gasteiger charge is -2.46. The fourth-order valence-corrected chi connectivity index (χ4v) is 8.96. The summed E-state index contributed by atoms with van der Waals surface area (Å²) in [5, 5.41) is 54.2. The number of carbonyl (C=O) groups is 2. The van der Waals surface area contributed by atoms with Crippen LogP contribution in [0.3, 0.4) is 0 Å². The van der Waals surface area contributed by atoms with Gasteiger partial charge in [-0.2, -0.15) is 0 Å². The highest BCUT2D eigenvalue weighted by atomic mass is 16.7. The first-order valence-corrected chi connectivity index (χ1v) is 20.6. The first-order valence-electron chi connectivity index (χ1n) is 20.6. The number of phenols is 1. The molecule has 0 saturated carbocycles. The molecule has 328 valence electrons. The van der Waals surface area contributed by atoms with Crippen molar-refractivity contribution in [1.82, 2.24) is 4.90 Å². The van der Waals surface area contributed by atoms with Gasteiger partial charge in [0.1, 0.15) is 29.3 Å². The second kappa shape index (κ2) is 16.2. The van der Waals surface area contributed by atoms with Crippen molar-refractivity contribution in [3.05, 3.63) is 73.6 Å². The number of carbonyl (C=O) groups excluding carboxylic acids is 2. The molecule has 2 aromatic carbocycles. The Labute approximate surface area is 348 Å². The van der Waals surface area contributed by atoms with Crippen LogP contribution in [0.25, 0.3) is 11.0 Å². The molecule has 4 aliphatic rings. The third kappa shape index (κ3) is 7.74. The normalized spacial score (nSPS) is 35.0. The topological polar surface area (TPSA) is 241 Å². The first kappa shape index (κ1) is 44.4. The van der Waals surface area contributed by atoms with E-state index in [2.05, 4.69) is 0 Å². The van der Waals surface area contributed by atoms with Crippen LogP contribution < -0.4 is 11.2 Å². The van der Waals surface area contributed by atoms with Crippen LogP contribution in [0, 0.1) is 5.92 Å². The van der Waals surface area contributed by atoms with Gasteiger partial charge in [-0.25, -0.2) is 0 Å². The molecule has 7 rings (SSSR count). The fraction of sp³-hybridized carbons (Fsp3) is 0.614. The van der Waals surface area contributed by atoms with Crippen LogP contribution in [0.2, 0.25) is 0 Å². The molecule has 16 heteroatoms. The first-order chi connectivity index (χ1) is 28.0. The van der Waals surface area contributed by atoms with E-state index in [-0.39, 0.29) is 87.6 Å². The van der Waals surface area contributed by atoms with E-state index in [0.717, 1.165) is 6.07 Å². The molecule has 3 aromatic rings. The molecule has 14 atom stereocenters. The van der Waals surface area contributed by atoms with E-state index in [9.17, 15) is 39.9 Å². The standard InChI is InChI=1S/C44H58N2O14/c1-18-19(2)57-33(16-43(18,6)45)55-17-23-12-26-36(42-34(23)28(48)14-31(59-42)44(7,54)22(5)47)40(53)35-25(38(26)51)11-10-24(39(35)52)30-13-27(46(8)9)41(21(4)56-30)60-32-15-29(49)37(50)20(3)58-32/h10-12,14,18-22,27,29-30,32-33,37,41,47,49-50,52,54H,13,15-17,45H2,1-9H3/t18-,19+,20-,21-,22?,27-,29-,30+,32?,33+,37+,41+,43-,44?/m1/s1. The van der Waals surface area contributed by atoms with E-state index in [0.29, 0.717) is 6.42 Å². The fourth-order valence-electron chi connectivity index (χ4n) is 8.96. The van der Waals surface area contributed by atoms with Crippen molar-refractivity contribution in [2.45, 2.75) is 153 Å². The molecule has 0 radical (unpaired) electrons. The van der Waals surface area contributed by atoms with Crippen molar-refractivity contribution < 1.29 is 63.2 Å². The number of likely N-dealkylation sites (N-methyl/N-ethyl adjacent to an activating group) is 1. The van der Waals surface area contributed by atoms with E-state index in [1.165, 1.54) is 26.0 Å². The molecule has 3 fully saturated rings. The Bertz CT molecular complexity index is 2200. The van der Waals surface area contributed by atoms with E-state index < -0.39 is 89.2 Å². The minimum atomic E-state index is -2.07. The average Bonchev–Trinajstić information content (AvgIpc) is 3.16. The maximum Gasteiger partial charge on any atom is 0.202 e. The molecular formula is C44H58N2O14.